The molecular weight excluding hydrogens is 387 g/mol. The molecule has 0 aliphatic rings. The quantitative estimate of drug-likeness (QED) is 0.532. The van der Waals surface area contributed by atoms with Crippen molar-refractivity contribution in [3.8, 4) is 0 Å². The fourth-order valence-corrected chi connectivity index (χ4v) is 2.47. The maximum atomic E-state index is 13.0. The molecule has 0 aliphatic carbocycles. The summed E-state index contributed by atoms with van der Waals surface area (Å²) < 4.78 is 45.1. The Hall–Kier alpha value is -2.15. The number of amides is 1. The first-order chi connectivity index (χ1) is 11.3. The van der Waals surface area contributed by atoms with Gasteiger partial charge in [0, 0.05) is 4.47 Å². The molecule has 0 spiro atoms. The highest BCUT2D eigenvalue weighted by Gasteiger charge is 2.35. The van der Waals surface area contributed by atoms with Crippen LogP contribution in [-0.2, 0) is 10.9 Å². The van der Waals surface area contributed by atoms with E-state index in [2.05, 4.69) is 20.9 Å². The number of hydrogen-bond acceptors (Lipinski definition) is 2. The molecule has 0 aliphatic heterocycles. The Balaban J connectivity index is 2.48. The number of rotatable bonds is 3. The summed E-state index contributed by atoms with van der Waals surface area (Å²) in [6, 6.07) is 11.4. The molecule has 0 bridgehead atoms. The van der Waals surface area contributed by atoms with E-state index in [0.717, 1.165) is 12.1 Å². The Kier molecular flexibility index (Phi) is 5.77. The van der Waals surface area contributed by atoms with E-state index < -0.39 is 23.2 Å². The summed E-state index contributed by atoms with van der Waals surface area (Å²) >= 11 is 3.31. The van der Waals surface area contributed by atoms with Crippen molar-refractivity contribution in [2.24, 2.45) is 4.99 Å². The van der Waals surface area contributed by atoms with Gasteiger partial charge in [0.2, 0.25) is 5.90 Å². The van der Waals surface area contributed by atoms with Gasteiger partial charge in [-0.2, -0.15) is 18.2 Å². The summed E-state index contributed by atoms with van der Waals surface area (Å²) in [6.45, 7) is 1.91. The normalized spacial score (nSPS) is 12.1. The van der Waals surface area contributed by atoms with E-state index in [0.29, 0.717) is 10.0 Å². The van der Waals surface area contributed by atoms with Gasteiger partial charge in [-0.15, -0.1) is 0 Å². The van der Waals surface area contributed by atoms with Crippen LogP contribution in [0.4, 0.5) is 13.2 Å². The minimum Gasteiger partial charge on any atom is -0.477 e. The number of carbonyl (C=O) groups is 1. The highest BCUT2D eigenvalue weighted by atomic mass is 79.9. The predicted molar refractivity (Wildman–Crippen MR) is 88.1 cm³/mol. The van der Waals surface area contributed by atoms with Crippen molar-refractivity contribution < 1.29 is 22.7 Å². The van der Waals surface area contributed by atoms with E-state index in [4.69, 9.17) is 4.74 Å². The smallest absolute Gasteiger partial charge is 0.417 e. The van der Waals surface area contributed by atoms with Gasteiger partial charge in [0.1, 0.15) is 0 Å². The number of aliphatic imine (C=N–C) groups is 1. The standard InChI is InChI=1S/C17H13BrF3NO2/c1-2-24-16(12-8-4-6-10-14(12)18)22-15(23)11-7-3-5-9-13(11)17(19,20)21/h3-10H,2H2,1H3. The monoisotopic (exact) mass is 399 g/mol. The predicted octanol–water partition coefficient (Wildman–Crippen LogP) is 5.09. The largest absolute Gasteiger partial charge is 0.477 e. The second-order valence-corrected chi connectivity index (χ2v) is 5.53. The number of halogens is 4. The molecule has 0 heterocycles. The number of hydrogen-bond donors (Lipinski definition) is 0. The van der Waals surface area contributed by atoms with Gasteiger partial charge in [0.05, 0.1) is 23.3 Å². The molecule has 2 aromatic carbocycles. The highest BCUT2D eigenvalue weighted by molar-refractivity contribution is 9.10. The van der Waals surface area contributed by atoms with Crippen LogP contribution in [0.3, 0.4) is 0 Å². The lowest BCUT2D eigenvalue weighted by molar-refractivity contribution is -0.137. The number of carbonyl (C=O) groups excluding carboxylic acids is 1. The first-order valence-corrected chi connectivity index (χ1v) is 7.80. The lowest BCUT2D eigenvalue weighted by atomic mass is 10.1. The summed E-state index contributed by atoms with van der Waals surface area (Å²) in [5.41, 5.74) is -1.06. The maximum Gasteiger partial charge on any atom is 0.417 e. The SMILES string of the molecule is CCOC(=NC(=O)c1ccccc1C(F)(F)F)c1ccccc1Br. The summed E-state index contributed by atoms with van der Waals surface area (Å²) in [6.07, 6.45) is -4.64. The van der Waals surface area contributed by atoms with Crippen molar-refractivity contribution in [2.45, 2.75) is 13.1 Å². The van der Waals surface area contributed by atoms with Crippen molar-refractivity contribution in [2.75, 3.05) is 6.61 Å². The lowest BCUT2D eigenvalue weighted by Crippen LogP contribution is -2.15. The summed E-state index contributed by atoms with van der Waals surface area (Å²) in [4.78, 5) is 16.1. The van der Waals surface area contributed by atoms with Gasteiger partial charge < -0.3 is 4.74 Å². The molecule has 2 aromatic rings. The van der Waals surface area contributed by atoms with E-state index in [9.17, 15) is 18.0 Å². The molecule has 3 nitrogen and oxygen atoms in total. The molecule has 0 fully saturated rings. The third-order valence-electron chi connectivity index (χ3n) is 3.05. The third-order valence-corrected chi connectivity index (χ3v) is 3.74. The van der Waals surface area contributed by atoms with Crippen LogP contribution in [-0.4, -0.2) is 18.4 Å². The molecule has 1 amide bonds. The molecule has 0 atom stereocenters. The zero-order valence-electron chi connectivity index (χ0n) is 12.6. The Bertz CT molecular complexity index is 772. The average Bonchev–Trinajstić information content (AvgIpc) is 2.54. The van der Waals surface area contributed by atoms with Crippen LogP contribution in [0.15, 0.2) is 58.0 Å². The average molecular weight is 400 g/mol. The molecule has 0 radical (unpaired) electrons. The Morgan fingerprint density at radius 2 is 1.67 bits per heavy atom. The molecule has 0 saturated carbocycles. The van der Waals surface area contributed by atoms with Gasteiger partial charge in [0.25, 0.3) is 5.91 Å². The van der Waals surface area contributed by atoms with Crippen molar-refractivity contribution in [1.29, 1.82) is 0 Å². The highest BCUT2D eigenvalue weighted by Crippen LogP contribution is 2.32. The fraction of sp³-hybridized carbons (Fsp3) is 0.176. The fourth-order valence-electron chi connectivity index (χ4n) is 2.01. The number of nitrogens with zero attached hydrogens (tertiary/aromatic N) is 1. The molecule has 24 heavy (non-hydrogen) atoms. The topological polar surface area (TPSA) is 38.7 Å². The maximum absolute atomic E-state index is 13.0. The number of alkyl halides is 3. The molecule has 0 unspecified atom stereocenters. The van der Waals surface area contributed by atoms with Gasteiger partial charge in [-0.1, -0.05) is 24.3 Å². The zero-order valence-corrected chi connectivity index (χ0v) is 14.2. The molecule has 0 aromatic heterocycles. The van der Waals surface area contributed by atoms with Crippen molar-refractivity contribution in [3.63, 3.8) is 0 Å². The van der Waals surface area contributed by atoms with Crippen LogP contribution in [0.2, 0.25) is 0 Å². The van der Waals surface area contributed by atoms with Gasteiger partial charge in [-0.25, -0.2) is 0 Å². The van der Waals surface area contributed by atoms with Crippen LogP contribution in [0, 0.1) is 0 Å². The minimum absolute atomic E-state index is 0.0352. The minimum atomic E-state index is -4.64. The van der Waals surface area contributed by atoms with Crippen molar-refractivity contribution >= 4 is 27.7 Å². The van der Waals surface area contributed by atoms with Crippen LogP contribution >= 0.6 is 15.9 Å². The number of ether oxygens (including phenoxy) is 1. The van der Waals surface area contributed by atoms with E-state index in [1.807, 2.05) is 0 Å². The van der Waals surface area contributed by atoms with Gasteiger partial charge in [-0.05, 0) is 47.1 Å². The Labute approximate surface area is 145 Å². The summed E-state index contributed by atoms with van der Waals surface area (Å²) in [5, 5.41) is 0. The Morgan fingerprint density at radius 3 is 2.25 bits per heavy atom. The van der Waals surface area contributed by atoms with Crippen molar-refractivity contribution in [3.05, 3.63) is 69.7 Å². The van der Waals surface area contributed by atoms with Crippen LogP contribution in [0.5, 0.6) is 0 Å². The third kappa shape index (κ3) is 4.23. The summed E-state index contributed by atoms with van der Waals surface area (Å²) in [5.74, 6) is -1.05. The molecule has 126 valence electrons. The second kappa shape index (κ2) is 7.61. The molecule has 7 heteroatoms. The van der Waals surface area contributed by atoms with Gasteiger partial charge in [0.15, 0.2) is 0 Å². The summed E-state index contributed by atoms with van der Waals surface area (Å²) in [7, 11) is 0. The first kappa shape index (κ1) is 18.2. The number of benzene rings is 2. The van der Waals surface area contributed by atoms with Gasteiger partial charge in [-0.3, -0.25) is 4.79 Å². The molecular formula is C17H13BrF3NO2. The lowest BCUT2D eigenvalue weighted by Gasteiger charge is -2.12. The molecule has 2 rings (SSSR count). The molecule has 0 N–H and O–H groups in total. The van der Waals surface area contributed by atoms with Crippen LogP contribution < -0.4 is 0 Å². The van der Waals surface area contributed by atoms with E-state index >= 15 is 0 Å². The van der Waals surface area contributed by atoms with E-state index in [1.54, 1.807) is 31.2 Å². The van der Waals surface area contributed by atoms with Crippen LogP contribution in [0.25, 0.3) is 0 Å². The van der Waals surface area contributed by atoms with E-state index in [-0.39, 0.29) is 12.5 Å². The van der Waals surface area contributed by atoms with Crippen molar-refractivity contribution in [1.82, 2.24) is 0 Å². The molecule has 0 saturated heterocycles. The van der Waals surface area contributed by atoms with Gasteiger partial charge >= 0.3 is 6.18 Å². The van der Waals surface area contributed by atoms with Crippen LogP contribution in [0.1, 0.15) is 28.4 Å². The zero-order chi connectivity index (χ0) is 17.7. The Morgan fingerprint density at radius 1 is 1.08 bits per heavy atom. The second-order valence-electron chi connectivity index (χ2n) is 4.68. The first-order valence-electron chi connectivity index (χ1n) is 7.01. The van der Waals surface area contributed by atoms with E-state index in [1.165, 1.54) is 12.1 Å².